The fourth-order valence-corrected chi connectivity index (χ4v) is 1.76. The second-order valence-corrected chi connectivity index (χ2v) is 3.86. The van der Waals surface area contributed by atoms with Crippen LogP contribution in [-0.4, -0.2) is 21.1 Å². The molecule has 0 aliphatic carbocycles. The summed E-state index contributed by atoms with van der Waals surface area (Å²) in [6.45, 7) is 0. The van der Waals surface area contributed by atoms with Gasteiger partial charge in [-0.05, 0) is 18.2 Å². The number of anilines is 1. The number of H-pyrrole nitrogens is 1. The third-order valence-corrected chi connectivity index (χ3v) is 2.62. The number of hydrogen-bond donors (Lipinski definition) is 2. The van der Waals surface area contributed by atoms with Crippen LogP contribution in [-0.2, 0) is 0 Å². The van der Waals surface area contributed by atoms with Crippen molar-refractivity contribution >= 4 is 22.5 Å². The number of carbonyl (C=O) groups is 1. The first-order valence-electron chi connectivity index (χ1n) is 5.49. The molecule has 3 rings (SSSR count). The van der Waals surface area contributed by atoms with Gasteiger partial charge in [-0.3, -0.25) is 4.79 Å². The Bertz CT molecular complexity index is 657. The van der Waals surface area contributed by atoms with E-state index in [2.05, 4.69) is 20.5 Å². The lowest BCUT2D eigenvalue weighted by atomic mass is 10.2. The highest BCUT2D eigenvalue weighted by atomic mass is 16.1. The first-order valence-corrected chi connectivity index (χ1v) is 5.49. The van der Waals surface area contributed by atoms with Crippen molar-refractivity contribution in [2.45, 2.75) is 0 Å². The highest BCUT2D eigenvalue weighted by molar-refractivity contribution is 6.05. The fourth-order valence-electron chi connectivity index (χ4n) is 1.76. The Labute approximate surface area is 103 Å². The molecule has 0 unspecified atom stereocenters. The quantitative estimate of drug-likeness (QED) is 0.719. The van der Waals surface area contributed by atoms with E-state index in [0.717, 1.165) is 10.9 Å². The lowest BCUT2D eigenvalue weighted by molar-refractivity contribution is 0.102. The number of aromatic nitrogens is 3. The van der Waals surface area contributed by atoms with Crippen LogP contribution in [0.25, 0.3) is 10.9 Å². The van der Waals surface area contributed by atoms with Crippen LogP contribution >= 0.6 is 0 Å². The van der Waals surface area contributed by atoms with Gasteiger partial charge in [0.1, 0.15) is 5.69 Å². The van der Waals surface area contributed by atoms with Crippen molar-refractivity contribution < 1.29 is 4.79 Å². The summed E-state index contributed by atoms with van der Waals surface area (Å²) in [6.07, 6.45) is 3.03. The molecule has 0 fully saturated rings. The molecule has 5 nitrogen and oxygen atoms in total. The molecule has 0 radical (unpaired) electrons. The second-order valence-electron chi connectivity index (χ2n) is 3.86. The molecule has 1 amide bonds. The Morgan fingerprint density at radius 3 is 2.83 bits per heavy atom. The Morgan fingerprint density at radius 1 is 1.17 bits per heavy atom. The Morgan fingerprint density at radius 2 is 2.06 bits per heavy atom. The summed E-state index contributed by atoms with van der Waals surface area (Å²) in [5, 5.41) is 11.1. The Balaban J connectivity index is 1.88. The number of fused-ring (bicyclic) bond motifs is 1. The summed E-state index contributed by atoms with van der Waals surface area (Å²) >= 11 is 0. The monoisotopic (exact) mass is 238 g/mol. The number of benzene rings is 1. The highest BCUT2D eigenvalue weighted by Gasteiger charge is 2.09. The maximum atomic E-state index is 12.0. The van der Waals surface area contributed by atoms with Crippen molar-refractivity contribution in [1.29, 1.82) is 0 Å². The number of amides is 1. The molecule has 0 aliphatic heterocycles. The van der Waals surface area contributed by atoms with Crippen LogP contribution in [0.1, 0.15) is 10.5 Å². The summed E-state index contributed by atoms with van der Waals surface area (Å²) in [6, 6.07) is 11.3. The molecule has 2 N–H and O–H groups in total. The van der Waals surface area contributed by atoms with E-state index in [4.69, 9.17) is 0 Å². The van der Waals surface area contributed by atoms with Crippen LogP contribution in [0.2, 0.25) is 0 Å². The summed E-state index contributed by atoms with van der Waals surface area (Å²) in [7, 11) is 0. The first-order chi connectivity index (χ1) is 8.83. The molecule has 0 saturated heterocycles. The summed E-state index contributed by atoms with van der Waals surface area (Å²) in [5.74, 6) is -0.195. The zero-order valence-electron chi connectivity index (χ0n) is 9.42. The van der Waals surface area contributed by atoms with Gasteiger partial charge in [-0.15, -0.1) is 0 Å². The number of aromatic amines is 1. The zero-order chi connectivity index (χ0) is 12.4. The molecule has 0 spiro atoms. The molecule has 2 heterocycles. The third kappa shape index (κ3) is 1.93. The summed E-state index contributed by atoms with van der Waals surface area (Å²) < 4.78 is 0. The largest absolute Gasteiger partial charge is 0.351 e. The minimum atomic E-state index is -0.195. The number of para-hydroxylation sites is 1. The van der Waals surface area contributed by atoms with Crippen molar-refractivity contribution in [2.24, 2.45) is 0 Å². The van der Waals surface area contributed by atoms with E-state index in [9.17, 15) is 4.79 Å². The SMILES string of the molecule is O=C(Nc1ccnnc1)c1cc2ccccc2[nH]1. The molecule has 2 aromatic heterocycles. The number of nitrogens with zero attached hydrogens (tertiary/aromatic N) is 2. The normalized spacial score (nSPS) is 10.4. The minimum Gasteiger partial charge on any atom is -0.351 e. The van der Waals surface area contributed by atoms with E-state index in [0.29, 0.717) is 11.4 Å². The Kier molecular flexibility index (Phi) is 2.49. The summed E-state index contributed by atoms with van der Waals surface area (Å²) in [5.41, 5.74) is 2.08. The standard InChI is InChI=1S/C13H10N4O/c18-13(16-10-5-6-14-15-8-10)12-7-9-3-1-2-4-11(9)17-12/h1-8,17H,(H,14,16,18). The molecular weight excluding hydrogens is 228 g/mol. The third-order valence-electron chi connectivity index (χ3n) is 2.62. The van der Waals surface area contributed by atoms with Crippen molar-refractivity contribution in [3.63, 3.8) is 0 Å². The van der Waals surface area contributed by atoms with E-state index in [1.807, 2.05) is 30.3 Å². The molecule has 5 heteroatoms. The molecule has 0 bridgehead atoms. The summed E-state index contributed by atoms with van der Waals surface area (Å²) in [4.78, 5) is 15.1. The minimum absolute atomic E-state index is 0.195. The number of nitrogens with one attached hydrogen (secondary N) is 2. The van der Waals surface area contributed by atoms with Gasteiger partial charge in [0.15, 0.2) is 0 Å². The molecule has 18 heavy (non-hydrogen) atoms. The van der Waals surface area contributed by atoms with Gasteiger partial charge in [-0.1, -0.05) is 18.2 Å². The van der Waals surface area contributed by atoms with Crippen molar-refractivity contribution in [3.05, 3.63) is 54.5 Å². The molecular formula is C13H10N4O. The van der Waals surface area contributed by atoms with Gasteiger partial charge in [-0.2, -0.15) is 10.2 Å². The van der Waals surface area contributed by atoms with E-state index < -0.39 is 0 Å². The molecule has 88 valence electrons. The van der Waals surface area contributed by atoms with Crippen LogP contribution in [0.15, 0.2) is 48.8 Å². The van der Waals surface area contributed by atoms with Gasteiger partial charge in [0.2, 0.25) is 0 Å². The molecule has 0 atom stereocenters. The first kappa shape index (κ1) is 10.5. The zero-order valence-corrected chi connectivity index (χ0v) is 9.42. The van der Waals surface area contributed by atoms with E-state index >= 15 is 0 Å². The second kappa shape index (κ2) is 4.29. The lowest BCUT2D eigenvalue weighted by Gasteiger charge is -2.01. The van der Waals surface area contributed by atoms with Crippen LogP contribution < -0.4 is 5.32 Å². The predicted octanol–water partition coefficient (Wildman–Crippen LogP) is 2.21. The number of rotatable bonds is 2. The van der Waals surface area contributed by atoms with Gasteiger partial charge >= 0.3 is 0 Å². The van der Waals surface area contributed by atoms with Gasteiger partial charge in [0, 0.05) is 10.9 Å². The maximum Gasteiger partial charge on any atom is 0.272 e. The highest BCUT2D eigenvalue weighted by Crippen LogP contribution is 2.15. The number of hydrogen-bond acceptors (Lipinski definition) is 3. The predicted molar refractivity (Wildman–Crippen MR) is 68.3 cm³/mol. The van der Waals surface area contributed by atoms with Crippen molar-refractivity contribution in [1.82, 2.24) is 15.2 Å². The fraction of sp³-hybridized carbons (Fsp3) is 0. The van der Waals surface area contributed by atoms with Gasteiger partial charge in [-0.25, -0.2) is 0 Å². The van der Waals surface area contributed by atoms with E-state index in [1.165, 1.54) is 12.4 Å². The van der Waals surface area contributed by atoms with E-state index in [-0.39, 0.29) is 5.91 Å². The van der Waals surface area contributed by atoms with Gasteiger partial charge < -0.3 is 10.3 Å². The van der Waals surface area contributed by atoms with Crippen LogP contribution in [0.5, 0.6) is 0 Å². The molecule has 3 aromatic rings. The van der Waals surface area contributed by atoms with E-state index in [1.54, 1.807) is 6.07 Å². The van der Waals surface area contributed by atoms with Crippen LogP contribution in [0.3, 0.4) is 0 Å². The smallest absolute Gasteiger partial charge is 0.272 e. The number of carbonyl (C=O) groups excluding carboxylic acids is 1. The molecule has 0 aliphatic rings. The van der Waals surface area contributed by atoms with Crippen LogP contribution in [0, 0.1) is 0 Å². The van der Waals surface area contributed by atoms with Crippen LogP contribution in [0.4, 0.5) is 5.69 Å². The molecule has 0 saturated carbocycles. The average Bonchev–Trinajstić information content (AvgIpc) is 2.84. The molecule has 1 aromatic carbocycles. The maximum absolute atomic E-state index is 12.0. The van der Waals surface area contributed by atoms with Crippen molar-refractivity contribution in [3.8, 4) is 0 Å². The lowest BCUT2D eigenvalue weighted by Crippen LogP contribution is -2.12. The van der Waals surface area contributed by atoms with Gasteiger partial charge in [0.25, 0.3) is 5.91 Å². The van der Waals surface area contributed by atoms with Gasteiger partial charge in [0.05, 0.1) is 18.1 Å². The average molecular weight is 238 g/mol. The van der Waals surface area contributed by atoms with Crippen molar-refractivity contribution in [2.75, 3.05) is 5.32 Å². The Hall–Kier alpha value is -2.69. The topological polar surface area (TPSA) is 70.7 Å².